The van der Waals surface area contributed by atoms with Gasteiger partial charge in [0, 0.05) is 24.8 Å². The summed E-state index contributed by atoms with van der Waals surface area (Å²) in [5, 5.41) is 15.7. The van der Waals surface area contributed by atoms with Crippen molar-refractivity contribution < 1.29 is 14.3 Å². The van der Waals surface area contributed by atoms with Crippen LogP contribution in [0.25, 0.3) is 0 Å². The van der Waals surface area contributed by atoms with Gasteiger partial charge in [0.25, 0.3) is 0 Å². The lowest BCUT2D eigenvalue weighted by Crippen LogP contribution is -2.47. The Morgan fingerprint density at radius 3 is 2.47 bits per heavy atom. The fraction of sp³-hybridized carbons (Fsp3) is 0.545. The number of thioether (sulfide) groups is 1. The first-order valence-corrected chi connectivity index (χ1v) is 12.9. The first-order chi connectivity index (χ1) is 15.5. The van der Waals surface area contributed by atoms with Gasteiger partial charge < -0.3 is 20.3 Å². The molecule has 0 aliphatic carbocycles. The van der Waals surface area contributed by atoms with Crippen LogP contribution in [0, 0.1) is 0 Å². The number of ether oxygens (including phenoxy) is 1. The highest BCUT2D eigenvalue weighted by Gasteiger charge is 2.24. The average Bonchev–Trinajstić information content (AvgIpc) is 3.26. The molecule has 0 saturated carbocycles. The molecule has 0 bridgehead atoms. The fourth-order valence-corrected chi connectivity index (χ4v) is 5.21. The molecule has 2 N–H and O–H groups in total. The van der Waals surface area contributed by atoms with Crippen molar-refractivity contribution in [2.24, 2.45) is 0 Å². The highest BCUT2D eigenvalue weighted by atomic mass is 32.2. The minimum absolute atomic E-state index is 0.0288. The number of aryl methyl sites for hydroxylation is 2. The zero-order valence-electron chi connectivity index (χ0n) is 18.8. The SMILES string of the molecule is CCOC(=O)N1CCC(NC(=O)CSc2nnc(Nc3c(CC)cccc3CC)s2)CC1. The van der Waals surface area contributed by atoms with Crippen LogP contribution in [0.3, 0.4) is 0 Å². The van der Waals surface area contributed by atoms with E-state index in [1.165, 1.54) is 34.2 Å². The molecule has 1 aliphatic rings. The van der Waals surface area contributed by atoms with Crippen molar-refractivity contribution in [1.29, 1.82) is 0 Å². The summed E-state index contributed by atoms with van der Waals surface area (Å²) in [6.45, 7) is 7.65. The van der Waals surface area contributed by atoms with Crippen LogP contribution in [0.15, 0.2) is 22.5 Å². The number of benzene rings is 1. The summed E-state index contributed by atoms with van der Waals surface area (Å²) in [7, 11) is 0. The van der Waals surface area contributed by atoms with Crippen LogP contribution >= 0.6 is 23.1 Å². The van der Waals surface area contributed by atoms with E-state index in [1.54, 1.807) is 11.8 Å². The van der Waals surface area contributed by atoms with Crippen molar-refractivity contribution in [3.63, 3.8) is 0 Å². The maximum atomic E-state index is 12.4. The molecule has 1 aromatic heterocycles. The summed E-state index contributed by atoms with van der Waals surface area (Å²) in [5.74, 6) is 0.261. The van der Waals surface area contributed by atoms with E-state index in [1.807, 2.05) is 0 Å². The first kappa shape index (κ1) is 24.3. The molecule has 1 saturated heterocycles. The number of nitrogens with one attached hydrogen (secondary N) is 2. The minimum atomic E-state index is -0.277. The molecule has 174 valence electrons. The van der Waals surface area contributed by atoms with Crippen molar-refractivity contribution in [2.45, 2.75) is 56.8 Å². The molecule has 0 unspecified atom stereocenters. The highest BCUT2D eigenvalue weighted by molar-refractivity contribution is 8.01. The van der Waals surface area contributed by atoms with Crippen LogP contribution in [-0.4, -0.2) is 58.6 Å². The first-order valence-electron chi connectivity index (χ1n) is 11.1. The largest absolute Gasteiger partial charge is 0.450 e. The van der Waals surface area contributed by atoms with Gasteiger partial charge in [0.15, 0.2) is 4.34 Å². The van der Waals surface area contributed by atoms with Crippen molar-refractivity contribution in [1.82, 2.24) is 20.4 Å². The molecule has 2 amide bonds. The predicted octanol–water partition coefficient (Wildman–Crippen LogP) is 4.24. The highest BCUT2D eigenvalue weighted by Crippen LogP contribution is 2.31. The van der Waals surface area contributed by atoms with Gasteiger partial charge in [0.2, 0.25) is 11.0 Å². The van der Waals surface area contributed by atoms with Crippen LogP contribution < -0.4 is 10.6 Å². The molecule has 2 aromatic rings. The molecule has 0 atom stereocenters. The monoisotopic (exact) mass is 477 g/mol. The normalized spacial score (nSPS) is 14.3. The standard InChI is InChI=1S/C22H31N5O3S2/c1-4-15-8-7-9-16(5-2)19(15)24-20-25-26-21(32-20)31-14-18(28)23-17-10-12-27(13-11-17)22(29)30-6-3/h7-9,17H,4-6,10-14H2,1-3H3,(H,23,28)(H,24,25). The molecule has 8 nitrogen and oxygen atoms in total. The van der Waals surface area contributed by atoms with Gasteiger partial charge in [0.05, 0.1) is 12.4 Å². The molecular weight excluding hydrogens is 446 g/mol. The molecule has 0 radical (unpaired) electrons. The maximum Gasteiger partial charge on any atom is 0.409 e. The number of rotatable bonds is 9. The lowest BCUT2D eigenvalue weighted by Gasteiger charge is -2.31. The molecule has 2 heterocycles. The second-order valence-corrected chi connectivity index (χ2v) is 9.67. The zero-order chi connectivity index (χ0) is 22.9. The van der Waals surface area contributed by atoms with Crippen LogP contribution in [0.5, 0.6) is 0 Å². The van der Waals surface area contributed by atoms with Gasteiger partial charge in [-0.05, 0) is 43.7 Å². The molecule has 1 aromatic carbocycles. The third kappa shape index (κ3) is 6.59. The lowest BCUT2D eigenvalue weighted by molar-refractivity contribution is -0.119. The van der Waals surface area contributed by atoms with Crippen molar-refractivity contribution in [3.05, 3.63) is 29.3 Å². The zero-order valence-corrected chi connectivity index (χ0v) is 20.5. The van der Waals surface area contributed by atoms with Crippen LogP contribution in [0.1, 0.15) is 44.7 Å². The van der Waals surface area contributed by atoms with Gasteiger partial charge in [0.1, 0.15) is 0 Å². The Morgan fingerprint density at radius 1 is 1.16 bits per heavy atom. The number of piperidine rings is 1. The molecule has 1 fully saturated rings. The van der Waals surface area contributed by atoms with Crippen LogP contribution in [-0.2, 0) is 22.4 Å². The quantitative estimate of drug-likeness (QED) is 0.522. The number of nitrogens with zero attached hydrogens (tertiary/aromatic N) is 3. The summed E-state index contributed by atoms with van der Waals surface area (Å²) in [5.41, 5.74) is 3.61. The number of carbonyl (C=O) groups is 2. The van der Waals surface area contributed by atoms with Crippen molar-refractivity contribution in [3.8, 4) is 0 Å². The van der Waals surface area contributed by atoms with Crippen LogP contribution in [0.4, 0.5) is 15.6 Å². The number of hydrogen-bond acceptors (Lipinski definition) is 8. The maximum absolute atomic E-state index is 12.4. The van der Waals surface area contributed by atoms with E-state index in [-0.39, 0.29) is 18.0 Å². The Hall–Kier alpha value is -2.33. The average molecular weight is 478 g/mol. The predicted molar refractivity (Wildman–Crippen MR) is 129 cm³/mol. The summed E-state index contributed by atoms with van der Waals surface area (Å²) in [6.07, 6.45) is 3.07. The van der Waals surface area contributed by atoms with E-state index in [0.717, 1.165) is 40.8 Å². The van der Waals surface area contributed by atoms with Gasteiger partial charge in [-0.2, -0.15) is 0 Å². The van der Waals surface area contributed by atoms with E-state index in [2.05, 4.69) is 52.9 Å². The molecule has 10 heteroatoms. The molecule has 32 heavy (non-hydrogen) atoms. The number of hydrogen-bond donors (Lipinski definition) is 2. The number of amides is 2. The second kappa shape index (κ2) is 12.1. The fourth-order valence-electron chi connectivity index (χ4n) is 3.65. The summed E-state index contributed by atoms with van der Waals surface area (Å²) < 4.78 is 5.79. The Morgan fingerprint density at radius 2 is 1.84 bits per heavy atom. The van der Waals surface area contributed by atoms with E-state index in [4.69, 9.17) is 4.74 Å². The molecule has 0 spiro atoms. The number of likely N-dealkylation sites (tertiary alicyclic amines) is 1. The number of para-hydroxylation sites is 1. The Balaban J connectivity index is 1.46. The van der Waals surface area contributed by atoms with E-state index < -0.39 is 0 Å². The van der Waals surface area contributed by atoms with Gasteiger partial charge in [-0.3, -0.25) is 4.79 Å². The molecular formula is C22H31N5O3S2. The lowest BCUT2D eigenvalue weighted by atomic mass is 10.0. The second-order valence-electron chi connectivity index (χ2n) is 7.47. The Bertz CT molecular complexity index is 890. The van der Waals surface area contributed by atoms with Gasteiger partial charge in [-0.25, -0.2) is 4.79 Å². The summed E-state index contributed by atoms with van der Waals surface area (Å²) in [6, 6.07) is 6.42. The smallest absolute Gasteiger partial charge is 0.409 e. The topological polar surface area (TPSA) is 96.5 Å². The summed E-state index contributed by atoms with van der Waals surface area (Å²) >= 11 is 2.84. The van der Waals surface area contributed by atoms with E-state index in [0.29, 0.717) is 25.4 Å². The van der Waals surface area contributed by atoms with Crippen LogP contribution in [0.2, 0.25) is 0 Å². The van der Waals surface area contributed by atoms with Gasteiger partial charge in [-0.15, -0.1) is 10.2 Å². The number of aromatic nitrogens is 2. The molecule has 1 aliphatic heterocycles. The van der Waals surface area contributed by atoms with Crippen molar-refractivity contribution >= 4 is 45.9 Å². The van der Waals surface area contributed by atoms with E-state index >= 15 is 0 Å². The number of carbonyl (C=O) groups excluding carboxylic acids is 2. The third-order valence-electron chi connectivity index (χ3n) is 5.35. The molecule has 3 rings (SSSR count). The summed E-state index contributed by atoms with van der Waals surface area (Å²) in [4.78, 5) is 25.8. The Kier molecular flexibility index (Phi) is 9.16. The van der Waals surface area contributed by atoms with Gasteiger partial charge >= 0.3 is 6.09 Å². The Labute approximate surface area is 197 Å². The third-order valence-corrected chi connectivity index (χ3v) is 7.32. The van der Waals surface area contributed by atoms with Crippen molar-refractivity contribution in [2.75, 3.05) is 30.8 Å². The van der Waals surface area contributed by atoms with E-state index in [9.17, 15) is 9.59 Å². The number of anilines is 2. The van der Waals surface area contributed by atoms with Gasteiger partial charge in [-0.1, -0.05) is 55.1 Å². The minimum Gasteiger partial charge on any atom is -0.450 e.